The van der Waals surface area contributed by atoms with Crippen LogP contribution in [0.25, 0.3) is 0 Å². The van der Waals surface area contributed by atoms with Gasteiger partial charge >= 0.3 is 0 Å². The molecule has 0 aliphatic heterocycles. The summed E-state index contributed by atoms with van der Waals surface area (Å²) in [6.45, 7) is 0. The topological polar surface area (TPSA) is 38.7 Å². The fourth-order valence-corrected chi connectivity index (χ4v) is 2.65. The lowest BCUT2D eigenvalue weighted by molar-refractivity contribution is 0.219. The molecule has 0 spiro atoms. The predicted octanol–water partition coefficient (Wildman–Crippen LogP) is 4.75. The predicted molar refractivity (Wildman–Crippen MR) is 85.1 cm³/mol. The fraction of sp³-hybridized carbons (Fsp3) is 0.200. The number of ether oxygens (including phenoxy) is 2. The summed E-state index contributed by atoms with van der Waals surface area (Å²) in [5.41, 5.74) is 0.928. The summed E-state index contributed by atoms with van der Waals surface area (Å²) in [6.07, 6.45) is -1.02. The van der Waals surface area contributed by atoms with Crippen molar-refractivity contribution < 1.29 is 14.6 Å². The van der Waals surface area contributed by atoms with Crippen molar-refractivity contribution in [3.8, 4) is 11.5 Å². The third kappa shape index (κ3) is 3.22. The normalized spacial score (nSPS) is 12.1. The van der Waals surface area contributed by atoms with Crippen molar-refractivity contribution in [2.24, 2.45) is 0 Å². The van der Waals surface area contributed by atoms with Gasteiger partial charge in [0, 0.05) is 17.2 Å². The standard InChI is InChI=1S/C15H13Cl3O3/c1-20-12-6-9(11(17)7-13(12)21-2)15(19)8-4-3-5-10(16)14(8)18/h3-7,15,19H,1-2H3. The first kappa shape index (κ1) is 16.2. The molecule has 0 aliphatic rings. The minimum absolute atomic E-state index is 0.289. The summed E-state index contributed by atoms with van der Waals surface area (Å²) in [5, 5.41) is 11.5. The number of hydrogen-bond donors (Lipinski definition) is 1. The molecular weight excluding hydrogens is 335 g/mol. The Morgan fingerprint density at radius 1 is 0.905 bits per heavy atom. The molecule has 112 valence electrons. The lowest BCUT2D eigenvalue weighted by atomic mass is 10.0. The largest absolute Gasteiger partial charge is 0.493 e. The third-order valence-corrected chi connectivity index (χ3v) is 4.23. The van der Waals surface area contributed by atoms with Crippen molar-refractivity contribution in [3.63, 3.8) is 0 Å². The van der Waals surface area contributed by atoms with E-state index in [-0.39, 0.29) is 5.02 Å². The lowest BCUT2D eigenvalue weighted by Gasteiger charge is -2.17. The molecule has 0 heterocycles. The SMILES string of the molecule is COc1cc(Cl)c(C(O)c2cccc(Cl)c2Cl)cc1OC. The first-order valence-electron chi connectivity index (χ1n) is 6.03. The summed E-state index contributed by atoms with van der Waals surface area (Å²) in [5.74, 6) is 0.949. The molecule has 1 atom stereocenters. The van der Waals surface area contributed by atoms with Crippen molar-refractivity contribution in [3.05, 3.63) is 56.5 Å². The molecule has 2 aromatic rings. The van der Waals surface area contributed by atoms with Gasteiger partial charge in [-0.25, -0.2) is 0 Å². The average molecular weight is 348 g/mol. The second kappa shape index (κ2) is 6.75. The van der Waals surface area contributed by atoms with Gasteiger partial charge in [0.1, 0.15) is 6.10 Å². The van der Waals surface area contributed by atoms with Gasteiger partial charge in [-0.2, -0.15) is 0 Å². The van der Waals surface area contributed by atoms with Gasteiger partial charge in [-0.3, -0.25) is 0 Å². The van der Waals surface area contributed by atoms with Gasteiger partial charge in [0.25, 0.3) is 0 Å². The van der Waals surface area contributed by atoms with Crippen molar-refractivity contribution in [2.45, 2.75) is 6.10 Å². The van der Waals surface area contributed by atoms with Crippen LogP contribution in [0, 0.1) is 0 Å². The van der Waals surface area contributed by atoms with Crippen molar-refractivity contribution in [2.75, 3.05) is 14.2 Å². The van der Waals surface area contributed by atoms with Gasteiger partial charge < -0.3 is 14.6 Å². The second-order valence-corrected chi connectivity index (χ2v) is 5.47. The van der Waals surface area contributed by atoms with Crippen molar-refractivity contribution in [1.29, 1.82) is 0 Å². The molecule has 0 radical (unpaired) electrons. The Morgan fingerprint density at radius 2 is 1.52 bits per heavy atom. The van der Waals surface area contributed by atoms with E-state index in [0.29, 0.717) is 32.7 Å². The van der Waals surface area contributed by atoms with Gasteiger partial charge in [-0.05, 0) is 12.1 Å². The Balaban J connectivity index is 2.53. The van der Waals surface area contributed by atoms with Gasteiger partial charge in [0.15, 0.2) is 11.5 Å². The second-order valence-electron chi connectivity index (χ2n) is 4.27. The molecule has 0 amide bonds. The molecule has 3 nitrogen and oxygen atoms in total. The van der Waals surface area contributed by atoms with E-state index in [2.05, 4.69) is 0 Å². The molecule has 0 aromatic heterocycles. The van der Waals surface area contributed by atoms with Crippen LogP contribution >= 0.6 is 34.8 Å². The van der Waals surface area contributed by atoms with Crippen LogP contribution in [0.4, 0.5) is 0 Å². The number of methoxy groups -OCH3 is 2. The molecule has 0 fully saturated rings. The Labute approximate surface area is 138 Å². The van der Waals surface area contributed by atoms with Crippen LogP contribution in [0.2, 0.25) is 15.1 Å². The smallest absolute Gasteiger partial charge is 0.162 e. The third-order valence-electron chi connectivity index (χ3n) is 3.07. The quantitative estimate of drug-likeness (QED) is 0.867. The lowest BCUT2D eigenvalue weighted by Crippen LogP contribution is -2.03. The highest BCUT2D eigenvalue weighted by molar-refractivity contribution is 6.42. The van der Waals surface area contributed by atoms with E-state index in [1.54, 1.807) is 30.3 Å². The summed E-state index contributed by atoms with van der Waals surface area (Å²) < 4.78 is 10.4. The van der Waals surface area contributed by atoms with Crippen LogP contribution in [0.5, 0.6) is 11.5 Å². The van der Waals surface area contributed by atoms with Crippen LogP contribution < -0.4 is 9.47 Å². The maximum absolute atomic E-state index is 10.5. The van der Waals surface area contributed by atoms with Crippen LogP contribution in [0.3, 0.4) is 0 Å². The molecule has 21 heavy (non-hydrogen) atoms. The van der Waals surface area contributed by atoms with Gasteiger partial charge in [-0.1, -0.05) is 46.9 Å². The van der Waals surface area contributed by atoms with E-state index in [9.17, 15) is 5.11 Å². The van der Waals surface area contributed by atoms with E-state index in [1.807, 2.05) is 0 Å². The number of hydrogen-bond acceptors (Lipinski definition) is 3. The molecule has 2 aromatic carbocycles. The monoisotopic (exact) mass is 346 g/mol. The van der Waals surface area contributed by atoms with E-state index in [1.165, 1.54) is 14.2 Å². The Hall–Kier alpha value is -1.13. The fourth-order valence-electron chi connectivity index (χ4n) is 1.98. The highest BCUT2D eigenvalue weighted by Crippen LogP contribution is 2.40. The number of rotatable bonds is 4. The van der Waals surface area contributed by atoms with E-state index >= 15 is 0 Å². The summed E-state index contributed by atoms with van der Waals surface area (Å²) >= 11 is 18.3. The van der Waals surface area contributed by atoms with Crippen molar-refractivity contribution >= 4 is 34.8 Å². The first-order chi connectivity index (χ1) is 9.99. The van der Waals surface area contributed by atoms with E-state index in [4.69, 9.17) is 44.3 Å². The number of halogens is 3. The Kier molecular flexibility index (Phi) is 5.22. The molecular formula is C15H13Cl3O3. The van der Waals surface area contributed by atoms with Gasteiger partial charge in [-0.15, -0.1) is 0 Å². The number of aliphatic hydroxyl groups is 1. The Morgan fingerprint density at radius 3 is 2.14 bits per heavy atom. The number of aliphatic hydroxyl groups excluding tert-OH is 1. The zero-order valence-electron chi connectivity index (χ0n) is 11.4. The van der Waals surface area contributed by atoms with Crippen molar-refractivity contribution in [1.82, 2.24) is 0 Å². The highest BCUT2D eigenvalue weighted by atomic mass is 35.5. The molecule has 0 saturated heterocycles. The maximum Gasteiger partial charge on any atom is 0.162 e. The summed E-state index contributed by atoms with van der Waals surface area (Å²) in [6, 6.07) is 8.24. The van der Waals surface area contributed by atoms with Crippen LogP contribution in [-0.2, 0) is 0 Å². The van der Waals surface area contributed by atoms with Crippen LogP contribution in [0.15, 0.2) is 30.3 Å². The molecule has 1 N–H and O–H groups in total. The molecule has 2 rings (SSSR count). The Bertz CT molecular complexity index is 659. The van der Waals surface area contributed by atoms with Gasteiger partial charge in [0.2, 0.25) is 0 Å². The average Bonchev–Trinajstić information content (AvgIpc) is 2.49. The zero-order valence-corrected chi connectivity index (χ0v) is 13.6. The zero-order chi connectivity index (χ0) is 15.6. The minimum atomic E-state index is -1.02. The molecule has 0 saturated carbocycles. The van der Waals surface area contributed by atoms with E-state index < -0.39 is 6.10 Å². The van der Waals surface area contributed by atoms with E-state index in [0.717, 1.165) is 0 Å². The van der Waals surface area contributed by atoms with Crippen LogP contribution in [-0.4, -0.2) is 19.3 Å². The highest BCUT2D eigenvalue weighted by Gasteiger charge is 2.20. The van der Waals surface area contributed by atoms with Crippen LogP contribution in [0.1, 0.15) is 17.2 Å². The number of benzene rings is 2. The molecule has 0 bridgehead atoms. The minimum Gasteiger partial charge on any atom is -0.493 e. The molecule has 0 aliphatic carbocycles. The maximum atomic E-state index is 10.5. The summed E-state index contributed by atoms with van der Waals surface area (Å²) in [4.78, 5) is 0. The molecule has 6 heteroatoms. The molecule has 1 unspecified atom stereocenters. The van der Waals surface area contributed by atoms with Gasteiger partial charge in [0.05, 0.1) is 29.3 Å². The summed E-state index contributed by atoms with van der Waals surface area (Å²) in [7, 11) is 3.02. The first-order valence-corrected chi connectivity index (χ1v) is 7.16.